The number of hydrogen-bond acceptors (Lipinski definition) is 4. The minimum absolute atomic E-state index is 0.0544. The Morgan fingerprint density at radius 2 is 1.87 bits per heavy atom. The van der Waals surface area contributed by atoms with Gasteiger partial charge in [0.05, 0.1) is 24.9 Å². The fourth-order valence-electron chi connectivity index (χ4n) is 2.28. The highest BCUT2D eigenvalue weighted by Gasteiger charge is 2.18. The van der Waals surface area contributed by atoms with Crippen molar-refractivity contribution in [3.05, 3.63) is 60.1 Å². The van der Waals surface area contributed by atoms with Crippen molar-refractivity contribution in [3.63, 3.8) is 0 Å². The highest BCUT2D eigenvalue weighted by molar-refractivity contribution is 5.88. The third-order valence-electron chi connectivity index (χ3n) is 3.65. The van der Waals surface area contributed by atoms with E-state index < -0.39 is 6.04 Å². The van der Waals surface area contributed by atoms with Gasteiger partial charge in [0.2, 0.25) is 5.91 Å². The Morgan fingerprint density at radius 3 is 2.48 bits per heavy atom. The van der Waals surface area contributed by atoms with E-state index in [-0.39, 0.29) is 24.3 Å². The zero-order valence-electron chi connectivity index (χ0n) is 13.4. The molecular formula is C18H22N2O3. The molecule has 5 heteroatoms. The van der Waals surface area contributed by atoms with Crippen molar-refractivity contribution < 1.29 is 14.0 Å². The summed E-state index contributed by atoms with van der Waals surface area (Å²) in [5.74, 6) is 0.506. The lowest BCUT2D eigenvalue weighted by Gasteiger charge is -2.17. The minimum atomic E-state index is -0.509. The second kappa shape index (κ2) is 8.29. The van der Waals surface area contributed by atoms with Crippen LogP contribution in [0.25, 0.3) is 0 Å². The van der Waals surface area contributed by atoms with E-state index in [1.807, 2.05) is 43.3 Å². The Kier molecular flexibility index (Phi) is 6.11. The van der Waals surface area contributed by atoms with Gasteiger partial charge in [0.1, 0.15) is 5.76 Å². The van der Waals surface area contributed by atoms with Crippen molar-refractivity contribution in [2.45, 2.75) is 32.4 Å². The largest absolute Gasteiger partial charge is 0.468 e. The first-order valence-corrected chi connectivity index (χ1v) is 7.67. The Bertz CT molecular complexity index is 623. The molecule has 0 fully saturated rings. The number of carbonyl (C=O) groups is 2. The van der Waals surface area contributed by atoms with Crippen LogP contribution in [0, 0.1) is 0 Å². The third-order valence-corrected chi connectivity index (χ3v) is 3.65. The van der Waals surface area contributed by atoms with Crippen molar-refractivity contribution in [2.75, 3.05) is 6.54 Å². The molecule has 122 valence electrons. The summed E-state index contributed by atoms with van der Waals surface area (Å²) < 4.78 is 5.28. The molecule has 1 aromatic heterocycles. The molecule has 23 heavy (non-hydrogen) atoms. The minimum Gasteiger partial charge on any atom is -0.468 e. The third kappa shape index (κ3) is 5.38. The highest BCUT2D eigenvalue weighted by atomic mass is 16.3. The van der Waals surface area contributed by atoms with E-state index in [4.69, 9.17) is 4.42 Å². The fourth-order valence-corrected chi connectivity index (χ4v) is 2.28. The van der Waals surface area contributed by atoms with Crippen molar-refractivity contribution in [2.24, 2.45) is 0 Å². The first kappa shape index (κ1) is 17.0. The zero-order valence-corrected chi connectivity index (χ0v) is 13.4. The second-order valence-corrected chi connectivity index (χ2v) is 5.54. The summed E-state index contributed by atoms with van der Waals surface area (Å²) in [6.07, 6.45) is 2.09. The average Bonchev–Trinajstić information content (AvgIpc) is 3.07. The van der Waals surface area contributed by atoms with E-state index in [1.54, 1.807) is 12.3 Å². The van der Waals surface area contributed by atoms with Crippen LogP contribution in [0.5, 0.6) is 0 Å². The van der Waals surface area contributed by atoms with Crippen molar-refractivity contribution >= 4 is 11.7 Å². The molecule has 0 spiro atoms. The molecule has 0 saturated heterocycles. The van der Waals surface area contributed by atoms with Gasteiger partial charge >= 0.3 is 0 Å². The molecule has 0 aliphatic rings. The van der Waals surface area contributed by atoms with E-state index >= 15 is 0 Å². The molecule has 0 radical (unpaired) electrons. The van der Waals surface area contributed by atoms with Crippen LogP contribution in [0.3, 0.4) is 0 Å². The lowest BCUT2D eigenvalue weighted by molar-refractivity contribution is -0.126. The zero-order chi connectivity index (χ0) is 16.7. The number of benzene rings is 1. The van der Waals surface area contributed by atoms with E-state index in [9.17, 15) is 9.59 Å². The van der Waals surface area contributed by atoms with E-state index in [1.165, 1.54) is 6.92 Å². The first-order valence-electron chi connectivity index (χ1n) is 7.67. The molecule has 0 aliphatic carbocycles. The van der Waals surface area contributed by atoms with Gasteiger partial charge in [0.15, 0.2) is 5.78 Å². The van der Waals surface area contributed by atoms with Crippen LogP contribution in [0.2, 0.25) is 0 Å². The number of nitrogens with one attached hydrogen (secondary N) is 2. The van der Waals surface area contributed by atoms with Gasteiger partial charge in [-0.05, 0) is 38.0 Å². The lowest BCUT2D eigenvalue weighted by atomic mass is 10.0. The summed E-state index contributed by atoms with van der Waals surface area (Å²) in [7, 11) is 0. The Balaban J connectivity index is 1.84. The molecule has 2 rings (SSSR count). The molecule has 0 aliphatic heterocycles. The highest BCUT2D eigenvalue weighted by Crippen LogP contribution is 2.11. The van der Waals surface area contributed by atoms with Crippen molar-refractivity contribution in [1.82, 2.24) is 10.6 Å². The number of hydrogen-bond donors (Lipinski definition) is 2. The quantitative estimate of drug-likeness (QED) is 0.784. The standard InChI is InChI=1S/C18H22N2O3/c1-13(17-9-6-10-23-17)19-12-18(22)20-16(14(2)21)11-15-7-4-3-5-8-15/h3-10,13,16,19H,11-12H2,1-2H3,(H,20,22)/t13-,16-/m0/s1. The summed E-state index contributed by atoms with van der Waals surface area (Å²) >= 11 is 0. The Morgan fingerprint density at radius 1 is 1.13 bits per heavy atom. The van der Waals surface area contributed by atoms with Gasteiger partial charge in [-0.3, -0.25) is 14.9 Å². The summed E-state index contributed by atoms with van der Waals surface area (Å²) in [5, 5.41) is 5.86. The van der Waals surface area contributed by atoms with E-state index in [2.05, 4.69) is 10.6 Å². The van der Waals surface area contributed by atoms with Crippen LogP contribution < -0.4 is 10.6 Å². The number of furan rings is 1. The molecule has 2 aromatic rings. The molecule has 2 N–H and O–H groups in total. The summed E-state index contributed by atoms with van der Waals surface area (Å²) in [6.45, 7) is 3.53. The predicted octanol–water partition coefficient (Wildman–Crippen LogP) is 2.25. The summed E-state index contributed by atoms with van der Waals surface area (Å²) in [6, 6.07) is 12.7. The molecule has 1 aromatic carbocycles. The number of rotatable bonds is 8. The van der Waals surface area contributed by atoms with Gasteiger partial charge in [0, 0.05) is 0 Å². The van der Waals surface area contributed by atoms with Crippen molar-refractivity contribution in [1.29, 1.82) is 0 Å². The van der Waals surface area contributed by atoms with Crippen LogP contribution in [0.1, 0.15) is 31.2 Å². The van der Waals surface area contributed by atoms with Gasteiger partial charge < -0.3 is 9.73 Å². The van der Waals surface area contributed by atoms with Gasteiger partial charge in [-0.2, -0.15) is 0 Å². The topological polar surface area (TPSA) is 71.3 Å². The lowest BCUT2D eigenvalue weighted by Crippen LogP contribution is -2.45. The molecule has 1 heterocycles. The maximum atomic E-state index is 12.1. The predicted molar refractivity (Wildman–Crippen MR) is 87.9 cm³/mol. The van der Waals surface area contributed by atoms with Gasteiger partial charge in [0.25, 0.3) is 0 Å². The van der Waals surface area contributed by atoms with E-state index in [0.29, 0.717) is 6.42 Å². The van der Waals surface area contributed by atoms with Crippen LogP contribution in [-0.4, -0.2) is 24.3 Å². The Labute approximate surface area is 136 Å². The monoisotopic (exact) mass is 314 g/mol. The normalized spacial score (nSPS) is 13.3. The molecule has 2 atom stereocenters. The van der Waals surface area contributed by atoms with Crippen LogP contribution in [0.4, 0.5) is 0 Å². The molecule has 0 saturated carbocycles. The number of carbonyl (C=O) groups excluding carboxylic acids is 2. The molecule has 0 bridgehead atoms. The van der Waals surface area contributed by atoms with Gasteiger partial charge in [-0.1, -0.05) is 30.3 Å². The van der Waals surface area contributed by atoms with Crippen molar-refractivity contribution in [3.8, 4) is 0 Å². The molecule has 1 amide bonds. The second-order valence-electron chi connectivity index (χ2n) is 5.54. The first-order chi connectivity index (χ1) is 11.1. The summed E-state index contributed by atoms with van der Waals surface area (Å²) in [5.41, 5.74) is 1.02. The van der Waals surface area contributed by atoms with Crippen LogP contribution >= 0.6 is 0 Å². The number of amides is 1. The van der Waals surface area contributed by atoms with Crippen LogP contribution in [0.15, 0.2) is 53.1 Å². The van der Waals surface area contributed by atoms with Crippen LogP contribution in [-0.2, 0) is 16.0 Å². The molecule has 5 nitrogen and oxygen atoms in total. The smallest absolute Gasteiger partial charge is 0.234 e. The maximum absolute atomic E-state index is 12.1. The Hall–Kier alpha value is -2.40. The molecule has 0 unspecified atom stereocenters. The van der Waals surface area contributed by atoms with Gasteiger partial charge in [-0.25, -0.2) is 0 Å². The number of Topliss-reactive ketones (excluding diaryl/α,β-unsaturated/α-hetero) is 1. The maximum Gasteiger partial charge on any atom is 0.234 e. The SMILES string of the molecule is CC(=O)[C@H](Cc1ccccc1)NC(=O)CN[C@@H](C)c1ccco1. The van der Waals surface area contributed by atoms with E-state index in [0.717, 1.165) is 11.3 Å². The molecular weight excluding hydrogens is 292 g/mol. The number of ketones is 1. The average molecular weight is 314 g/mol. The fraction of sp³-hybridized carbons (Fsp3) is 0.333. The van der Waals surface area contributed by atoms with Gasteiger partial charge in [-0.15, -0.1) is 0 Å². The summed E-state index contributed by atoms with van der Waals surface area (Å²) in [4.78, 5) is 23.8.